The lowest BCUT2D eigenvalue weighted by Crippen LogP contribution is -2.03. The number of nitrogens with zero attached hydrogens (tertiary/aromatic N) is 2. The first kappa shape index (κ1) is 13.3. The van der Waals surface area contributed by atoms with E-state index >= 15 is 0 Å². The van der Waals surface area contributed by atoms with Crippen LogP contribution in [0.5, 0.6) is 11.6 Å². The number of aromatic nitrogens is 2. The molecule has 4 nitrogen and oxygen atoms in total. The number of hydrogen-bond donors (Lipinski definition) is 1. The topological polar surface area (TPSA) is 47.0 Å². The van der Waals surface area contributed by atoms with Crippen molar-refractivity contribution in [1.82, 2.24) is 9.97 Å². The average Bonchev–Trinajstić information content (AvgIpc) is 2.41. The molecule has 2 aromatic rings. The van der Waals surface area contributed by atoms with E-state index in [9.17, 15) is 4.39 Å². The maximum absolute atomic E-state index is 13.1. The van der Waals surface area contributed by atoms with Crippen LogP contribution in [0.15, 0.2) is 30.6 Å². The Hall–Kier alpha value is -2.17. The van der Waals surface area contributed by atoms with Gasteiger partial charge >= 0.3 is 0 Å². The molecule has 0 saturated heterocycles. The third-order valence-electron chi connectivity index (χ3n) is 2.52. The summed E-state index contributed by atoms with van der Waals surface area (Å²) in [6.07, 6.45) is 4.16. The smallest absolute Gasteiger partial charge is 0.239 e. The minimum atomic E-state index is -0.253. The second-order valence-electron chi connectivity index (χ2n) is 4.18. The summed E-state index contributed by atoms with van der Waals surface area (Å²) in [5.41, 5.74) is 0.533. The van der Waals surface area contributed by atoms with E-state index < -0.39 is 0 Å². The Kier molecular flexibility index (Phi) is 4.28. The first-order valence-electron chi connectivity index (χ1n) is 6.19. The van der Waals surface area contributed by atoms with Gasteiger partial charge in [0.2, 0.25) is 5.88 Å². The summed E-state index contributed by atoms with van der Waals surface area (Å²) in [6, 6.07) is 4.57. The summed E-state index contributed by atoms with van der Waals surface area (Å²) in [7, 11) is 0. The van der Waals surface area contributed by atoms with Crippen LogP contribution in [-0.4, -0.2) is 16.5 Å². The van der Waals surface area contributed by atoms with Crippen molar-refractivity contribution in [2.45, 2.75) is 20.3 Å². The van der Waals surface area contributed by atoms with Gasteiger partial charge in [-0.1, -0.05) is 6.92 Å². The van der Waals surface area contributed by atoms with Crippen molar-refractivity contribution in [3.8, 4) is 11.6 Å². The largest absolute Gasteiger partial charge is 0.437 e. The fourth-order valence-electron chi connectivity index (χ4n) is 1.54. The molecule has 1 aromatic carbocycles. The number of anilines is 1. The number of benzene rings is 1. The maximum Gasteiger partial charge on any atom is 0.239 e. The first-order chi connectivity index (χ1) is 9.19. The van der Waals surface area contributed by atoms with Gasteiger partial charge in [0.15, 0.2) is 0 Å². The molecule has 0 radical (unpaired) electrons. The van der Waals surface area contributed by atoms with E-state index in [2.05, 4.69) is 22.2 Å². The SMILES string of the molecule is CCCNc1cncc(Oc2ccc(F)c(C)c2)n1. The molecule has 0 amide bonds. The van der Waals surface area contributed by atoms with Crippen LogP contribution in [0.3, 0.4) is 0 Å². The zero-order valence-electron chi connectivity index (χ0n) is 11.0. The van der Waals surface area contributed by atoms with E-state index in [4.69, 9.17) is 4.74 Å². The molecule has 1 heterocycles. The Balaban J connectivity index is 2.11. The van der Waals surface area contributed by atoms with Gasteiger partial charge in [-0.15, -0.1) is 0 Å². The van der Waals surface area contributed by atoms with Crippen LogP contribution in [0.1, 0.15) is 18.9 Å². The van der Waals surface area contributed by atoms with E-state index in [0.29, 0.717) is 23.0 Å². The standard InChI is InChI=1S/C14H16FN3O/c1-3-6-17-13-8-16-9-14(18-13)19-11-4-5-12(15)10(2)7-11/h4-5,7-9H,3,6H2,1-2H3,(H,17,18). The molecule has 0 aliphatic carbocycles. The highest BCUT2D eigenvalue weighted by atomic mass is 19.1. The third-order valence-corrected chi connectivity index (χ3v) is 2.52. The van der Waals surface area contributed by atoms with Crippen molar-refractivity contribution in [2.24, 2.45) is 0 Å². The summed E-state index contributed by atoms with van der Waals surface area (Å²) >= 11 is 0. The van der Waals surface area contributed by atoms with Crippen molar-refractivity contribution in [1.29, 1.82) is 0 Å². The van der Waals surface area contributed by atoms with Gasteiger partial charge in [-0.05, 0) is 37.1 Å². The molecule has 19 heavy (non-hydrogen) atoms. The molecule has 0 spiro atoms. The highest BCUT2D eigenvalue weighted by Gasteiger charge is 2.04. The molecule has 0 fully saturated rings. The molecule has 1 N–H and O–H groups in total. The molecule has 0 unspecified atom stereocenters. The summed E-state index contributed by atoms with van der Waals surface area (Å²) < 4.78 is 18.7. The molecule has 2 rings (SSSR count). The van der Waals surface area contributed by atoms with Gasteiger partial charge in [0.1, 0.15) is 17.4 Å². The number of halogens is 1. The number of hydrogen-bond acceptors (Lipinski definition) is 4. The molecule has 0 atom stereocenters. The second kappa shape index (κ2) is 6.13. The molecular weight excluding hydrogens is 245 g/mol. The highest BCUT2D eigenvalue weighted by Crippen LogP contribution is 2.22. The van der Waals surface area contributed by atoms with E-state index in [1.807, 2.05) is 0 Å². The normalized spacial score (nSPS) is 10.3. The molecule has 0 bridgehead atoms. The molecular formula is C14H16FN3O. The Morgan fingerprint density at radius 2 is 2.16 bits per heavy atom. The molecule has 0 aliphatic rings. The van der Waals surface area contributed by atoms with E-state index in [1.54, 1.807) is 25.3 Å². The Morgan fingerprint density at radius 3 is 2.89 bits per heavy atom. The lowest BCUT2D eigenvalue weighted by molar-refractivity contribution is 0.458. The summed E-state index contributed by atoms with van der Waals surface area (Å²) in [5.74, 6) is 1.34. The number of nitrogens with one attached hydrogen (secondary N) is 1. The van der Waals surface area contributed by atoms with Gasteiger partial charge in [0, 0.05) is 6.54 Å². The van der Waals surface area contributed by atoms with Crippen LogP contribution < -0.4 is 10.1 Å². The summed E-state index contributed by atoms with van der Waals surface area (Å²) in [6.45, 7) is 4.59. The predicted molar refractivity (Wildman–Crippen MR) is 72.0 cm³/mol. The second-order valence-corrected chi connectivity index (χ2v) is 4.18. The Bertz CT molecular complexity index is 560. The van der Waals surface area contributed by atoms with Crippen molar-refractivity contribution in [3.63, 3.8) is 0 Å². The van der Waals surface area contributed by atoms with Gasteiger partial charge in [-0.25, -0.2) is 4.39 Å². The fraction of sp³-hybridized carbons (Fsp3) is 0.286. The van der Waals surface area contributed by atoms with Gasteiger partial charge in [0.25, 0.3) is 0 Å². The quantitative estimate of drug-likeness (QED) is 0.894. The predicted octanol–water partition coefficient (Wildman–Crippen LogP) is 3.54. The van der Waals surface area contributed by atoms with Crippen molar-refractivity contribution >= 4 is 5.82 Å². The Labute approximate surface area is 111 Å². The highest BCUT2D eigenvalue weighted by molar-refractivity contribution is 5.36. The third kappa shape index (κ3) is 3.64. The average molecular weight is 261 g/mol. The van der Waals surface area contributed by atoms with Gasteiger partial charge in [0.05, 0.1) is 12.4 Å². The lowest BCUT2D eigenvalue weighted by atomic mass is 10.2. The van der Waals surface area contributed by atoms with Gasteiger partial charge in [-0.3, -0.25) is 4.98 Å². The van der Waals surface area contributed by atoms with Crippen LogP contribution in [0.25, 0.3) is 0 Å². The fourth-order valence-corrected chi connectivity index (χ4v) is 1.54. The lowest BCUT2D eigenvalue weighted by Gasteiger charge is -2.08. The van der Waals surface area contributed by atoms with Crippen LogP contribution in [0.2, 0.25) is 0 Å². The minimum Gasteiger partial charge on any atom is -0.437 e. The van der Waals surface area contributed by atoms with Crippen molar-refractivity contribution < 1.29 is 9.13 Å². The van der Waals surface area contributed by atoms with Crippen molar-refractivity contribution in [3.05, 3.63) is 42.0 Å². The van der Waals surface area contributed by atoms with Gasteiger partial charge < -0.3 is 10.1 Å². The maximum atomic E-state index is 13.1. The van der Waals surface area contributed by atoms with E-state index in [0.717, 1.165) is 13.0 Å². The van der Waals surface area contributed by atoms with Crippen molar-refractivity contribution in [2.75, 3.05) is 11.9 Å². The minimum absolute atomic E-state index is 0.253. The van der Waals surface area contributed by atoms with Gasteiger partial charge in [-0.2, -0.15) is 4.98 Å². The molecule has 5 heteroatoms. The molecule has 0 aliphatic heterocycles. The van der Waals surface area contributed by atoms with Crippen LogP contribution >= 0.6 is 0 Å². The van der Waals surface area contributed by atoms with Crippen LogP contribution in [0, 0.1) is 12.7 Å². The number of rotatable bonds is 5. The molecule has 0 saturated carbocycles. The van der Waals surface area contributed by atoms with Crippen LogP contribution in [-0.2, 0) is 0 Å². The number of aryl methyl sites for hydroxylation is 1. The zero-order valence-corrected chi connectivity index (χ0v) is 11.0. The summed E-state index contributed by atoms with van der Waals surface area (Å²) in [5, 5.41) is 3.13. The van der Waals surface area contributed by atoms with E-state index in [1.165, 1.54) is 12.3 Å². The number of ether oxygens (including phenoxy) is 1. The Morgan fingerprint density at radius 1 is 1.32 bits per heavy atom. The monoisotopic (exact) mass is 261 g/mol. The van der Waals surface area contributed by atoms with Crippen LogP contribution in [0.4, 0.5) is 10.2 Å². The first-order valence-corrected chi connectivity index (χ1v) is 6.19. The molecule has 1 aromatic heterocycles. The van der Waals surface area contributed by atoms with E-state index in [-0.39, 0.29) is 5.82 Å². The zero-order chi connectivity index (χ0) is 13.7. The summed E-state index contributed by atoms with van der Waals surface area (Å²) in [4.78, 5) is 8.32. The molecule has 100 valence electrons.